The molecule has 0 bridgehead atoms. The first-order valence-electron chi connectivity index (χ1n) is 4.45. The predicted octanol–water partition coefficient (Wildman–Crippen LogP) is 0.942. The molecule has 0 fully saturated rings. The van der Waals surface area contributed by atoms with E-state index in [1.807, 2.05) is 6.08 Å². The smallest absolute Gasteiger partial charge is 0.306 e. The third kappa shape index (κ3) is 2.52. The van der Waals surface area contributed by atoms with Gasteiger partial charge < -0.3 is 15.2 Å². The van der Waals surface area contributed by atoms with E-state index in [9.17, 15) is 4.79 Å². The van der Waals surface area contributed by atoms with Gasteiger partial charge in [-0.05, 0) is 18.4 Å². The highest BCUT2D eigenvalue weighted by atomic mass is 16.5. The Balaban J connectivity index is 2.54. The van der Waals surface area contributed by atoms with Gasteiger partial charge in [-0.15, -0.1) is 0 Å². The van der Waals surface area contributed by atoms with Crippen LogP contribution < -0.4 is 5.73 Å². The predicted molar refractivity (Wildman–Crippen MR) is 52.1 cm³/mol. The van der Waals surface area contributed by atoms with Crippen molar-refractivity contribution in [2.75, 3.05) is 14.2 Å². The van der Waals surface area contributed by atoms with Crippen molar-refractivity contribution < 1.29 is 14.3 Å². The molecular weight excluding hydrogens is 182 g/mol. The van der Waals surface area contributed by atoms with Gasteiger partial charge in [-0.2, -0.15) is 0 Å². The average Bonchev–Trinajstić information content (AvgIpc) is 2.18. The normalized spacial score (nSPS) is 20.9. The summed E-state index contributed by atoms with van der Waals surface area (Å²) in [5.74, 6) is 0.598. The van der Waals surface area contributed by atoms with Crippen LogP contribution in [0.2, 0.25) is 0 Å². The lowest BCUT2D eigenvalue weighted by Gasteiger charge is -2.18. The molecule has 1 aliphatic carbocycles. The van der Waals surface area contributed by atoms with Crippen molar-refractivity contribution in [1.29, 1.82) is 0 Å². The van der Waals surface area contributed by atoms with Gasteiger partial charge in [0.25, 0.3) is 0 Å². The zero-order valence-electron chi connectivity index (χ0n) is 8.45. The van der Waals surface area contributed by atoms with Crippen molar-refractivity contribution in [2.45, 2.75) is 12.8 Å². The molecule has 78 valence electrons. The van der Waals surface area contributed by atoms with Crippen molar-refractivity contribution in [3.8, 4) is 0 Å². The van der Waals surface area contributed by atoms with Gasteiger partial charge in [-0.25, -0.2) is 0 Å². The van der Waals surface area contributed by atoms with Crippen LogP contribution in [0.5, 0.6) is 0 Å². The summed E-state index contributed by atoms with van der Waals surface area (Å²) in [6.45, 7) is 0. The van der Waals surface area contributed by atoms with Crippen LogP contribution in [-0.4, -0.2) is 20.2 Å². The second kappa shape index (κ2) is 4.69. The number of carbonyl (C=O) groups is 1. The third-order valence-corrected chi connectivity index (χ3v) is 2.19. The molecule has 0 saturated heterocycles. The van der Waals surface area contributed by atoms with Crippen LogP contribution in [0.25, 0.3) is 0 Å². The summed E-state index contributed by atoms with van der Waals surface area (Å²) in [6.07, 6.45) is 4.73. The van der Waals surface area contributed by atoms with Crippen molar-refractivity contribution in [3.05, 3.63) is 23.6 Å². The van der Waals surface area contributed by atoms with Crippen molar-refractivity contribution in [3.63, 3.8) is 0 Å². The Morgan fingerprint density at radius 2 is 2.36 bits per heavy atom. The number of hydrogen-bond donors (Lipinski definition) is 1. The van der Waals surface area contributed by atoms with E-state index in [0.29, 0.717) is 24.3 Å². The molecule has 0 heterocycles. The summed E-state index contributed by atoms with van der Waals surface area (Å²) >= 11 is 0. The van der Waals surface area contributed by atoms with Crippen LogP contribution >= 0.6 is 0 Å². The topological polar surface area (TPSA) is 61.5 Å². The van der Waals surface area contributed by atoms with Gasteiger partial charge in [-0.3, -0.25) is 4.79 Å². The number of nitrogens with two attached hydrogens (primary N) is 1. The Labute approximate surface area is 83.4 Å². The van der Waals surface area contributed by atoms with Crippen LogP contribution in [0.1, 0.15) is 12.8 Å². The van der Waals surface area contributed by atoms with Crippen LogP contribution in [0.3, 0.4) is 0 Å². The molecule has 0 aromatic heterocycles. The second-order valence-electron chi connectivity index (χ2n) is 3.20. The molecule has 4 heteroatoms. The molecule has 1 unspecified atom stereocenters. The van der Waals surface area contributed by atoms with Crippen LogP contribution in [0.15, 0.2) is 23.6 Å². The van der Waals surface area contributed by atoms with Gasteiger partial charge in [0.15, 0.2) is 0 Å². The first-order chi connectivity index (χ1) is 6.67. The minimum Gasteiger partial charge on any atom is -0.495 e. The molecule has 0 aromatic carbocycles. The van der Waals surface area contributed by atoms with Crippen LogP contribution in [0, 0.1) is 5.92 Å². The molecule has 2 N–H and O–H groups in total. The summed E-state index contributed by atoms with van der Waals surface area (Å²) < 4.78 is 9.62. The highest BCUT2D eigenvalue weighted by Crippen LogP contribution is 2.23. The number of hydrogen-bond acceptors (Lipinski definition) is 4. The molecule has 0 spiro atoms. The lowest BCUT2D eigenvalue weighted by atomic mass is 9.94. The van der Waals surface area contributed by atoms with Crippen molar-refractivity contribution >= 4 is 5.97 Å². The van der Waals surface area contributed by atoms with Gasteiger partial charge in [0.1, 0.15) is 5.76 Å². The van der Waals surface area contributed by atoms with Gasteiger partial charge in [0, 0.05) is 0 Å². The largest absolute Gasteiger partial charge is 0.495 e. The molecule has 0 saturated carbocycles. The third-order valence-electron chi connectivity index (χ3n) is 2.19. The molecule has 0 amide bonds. The maximum absolute atomic E-state index is 11.0. The fraction of sp³-hybridized carbons (Fsp3) is 0.500. The van der Waals surface area contributed by atoms with Crippen molar-refractivity contribution in [1.82, 2.24) is 0 Å². The lowest BCUT2D eigenvalue weighted by molar-refractivity contribution is -0.141. The molecule has 0 aliphatic heterocycles. The molecule has 14 heavy (non-hydrogen) atoms. The van der Waals surface area contributed by atoms with E-state index in [1.54, 1.807) is 13.2 Å². The average molecular weight is 197 g/mol. The number of carbonyl (C=O) groups excluding carboxylic acids is 1. The van der Waals surface area contributed by atoms with E-state index in [2.05, 4.69) is 4.74 Å². The van der Waals surface area contributed by atoms with E-state index >= 15 is 0 Å². The minimum atomic E-state index is -0.215. The summed E-state index contributed by atoms with van der Waals surface area (Å²) in [5.41, 5.74) is 6.43. The van der Waals surface area contributed by atoms with Gasteiger partial charge in [0.05, 0.1) is 26.3 Å². The van der Waals surface area contributed by atoms with E-state index in [0.717, 1.165) is 0 Å². The van der Waals surface area contributed by atoms with E-state index in [4.69, 9.17) is 10.5 Å². The van der Waals surface area contributed by atoms with Crippen LogP contribution in [-0.2, 0) is 14.3 Å². The fourth-order valence-corrected chi connectivity index (χ4v) is 1.42. The second-order valence-corrected chi connectivity index (χ2v) is 3.20. The fourth-order valence-electron chi connectivity index (χ4n) is 1.42. The molecular formula is C10H15NO3. The van der Waals surface area contributed by atoms with E-state index in [-0.39, 0.29) is 11.9 Å². The maximum atomic E-state index is 11.0. The van der Waals surface area contributed by atoms with E-state index in [1.165, 1.54) is 7.11 Å². The summed E-state index contributed by atoms with van der Waals surface area (Å²) in [7, 11) is 2.96. The maximum Gasteiger partial charge on any atom is 0.306 e. The highest BCUT2D eigenvalue weighted by molar-refractivity contribution is 5.69. The Hall–Kier alpha value is -1.45. The van der Waals surface area contributed by atoms with Gasteiger partial charge >= 0.3 is 5.97 Å². The number of methoxy groups -OCH3 is 2. The highest BCUT2D eigenvalue weighted by Gasteiger charge is 2.17. The van der Waals surface area contributed by atoms with Gasteiger partial charge in [-0.1, -0.05) is 6.08 Å². The number of ether oxygens (including phenoxy) is 2. The Kier molecular flexibility index (Phi) is 3.56. The molecule has 1 atom stereocenters. The lowest BCUT2D eigenvalue weighted by Crippen LogP contribution is -2.16. The zero-order valence-corrected chi connectivity index (χ0v) is 8.45. The zero-order chi connectivity index (χ0) is 10.6. The Morgan fingerprint density at radius 3 is 2.86 bits per heavy atom. The minimum absolute atomic E-state index is 0.126. The number of allylic oxidation sites excluding steroid dienone is 3. The number of esters is 1. The Bertz CT molecular complexity index is 281. The molecule has 1 aliphatic rings. The molecule has 4 nitrogen and oxygen atoms in total. The Morgan fingerprint density at radius 1 is 1.64 bits per heavy atom. The standard InChI is InChI=1S/C10H15NO3/c1-13-9-4-3-7(5-8(9)11)6-10(12)14-2/h3-4,7H,5-6,11H2,1-2H3. The number of rotatable bonds is 3. The van der Waals surface area contributed by atoms with E-state index < -0.39 is 0 Å². The summed E-state index contributed by atoms with van der Waals surface area (Å²) in [6, 6.07) is 0. The quantitative estimate of drug-likeness (QED) is 0.684. The van der Waals surface area contributed by atoms with Crippen LogP contribution in [0.4, 0.5) is 0 Å². The SMILES string of the molecule is COC(=O)CC1C=CC(OC)=C(N)C1. The first-order valence-corrected chi connectivity index (χ1v) is 4.45. The molecule has 0 aromatic rings. The molecule has 0 radical (unpaired) electrons. The van der Waals surface area contributed by atoms with Crippen molar-refractivity contribution in [2.24, 2.45) is 11.7 Å². The monoisotopic (exact) mass is 197 g/mol. The summed E-state index contributed by atoms with van der Waals surface area (Å²) in [4.78, 5) is 11.0. The molecule has 1 rings (SSSR count). The van der Waals surface area contributed by atoms with Gasteiger partial charge in [0.2, 0.25) is 0 Å². The first kappa shape index (κ1) is 10.6. The summed E-state index contributed by atoms with van der Waals surface area (Å²) in [5, 5.41) is 0.